The normalized spacial score (nSPS) is 13.5. The van der Waals surface area contributed by atoms with Crippen LogP contribution in [-0.4, -0.2) is 48.8 Å². The Morgan fingerprint density at radius 3 is 2.18 bits per heavy atom. The van der Waals surface area contributed by atoms with Crippen LogP contribution in [0, 0.1) is 5.92 Å². The minimum atomic E-state index is -3.71. The largest absolute Gasteiger partial charge is 0.508 e. The molecule has 33 heavy (non-hydrogen) atoms. The Kier molecular flexibility index (Phi) is 9.01. The molecule has 0 spiro atoms. The quantitative estimate of drug-likeness (QED) is 0.488. The van der Waals surface area contributed by atoms with Crippen molar-refractivity contribution in [2.75, 3.05) is 13.1 Å². The summed E-state index contributed by atoms with van der Waals surface area (Å²) in [6, 6.07) is 11.2. The van der Waals surface area contributed by atoms with Crippen LogP contribution in [0.2, 0.25) is 0 Å². The summed E-state index contributed by atoms with van der Waals surface area (Å²) in [6.07, 6.45) is 0. The number of phenols is 1. The van der Waals surface area contributed by atoms with E-state index in [0.717, 1.165) is 5.56 Å². The summed E-state index contributed by atoms with van der Waals surface area (Å²) in [7, 11) is -3.71. The van der Waals surface area contributed by atoms with Gasteiger partial charge in [-0.05, 0) is 48.7 Å². The van der Waals surface area contributed by atoms with Crippen LogP contribution in [0.1, 0.15) is 56.6 Å². The molecule has 0 heterocycles. The number of nitrogens with zero attached hydrogens (tertiary/aromatic N) is 1. The smallest absolute Gasteiger partial charge is 0.251 e. The number of nitrogens with one attached hydrogen (secondary N) is 2. The number of rotatable bonds is 10. The zero-order valence-corrected chi connectivity index (χ0v) is 20.5. The summed E-state index contributed by atoms with van der Waals surface area (Å²) in [4.78, 5) is 25.9. The molecule has 180 valence electrons. The van der Waals surface area contributed by atoms with E-state index in [0.29, 0.717) is 13.1 Å². The van der Waals surface area contributed by atoms with Gasteiger partial charge in [-0.2, -0.15) is 4.31 Å². The highest BCUT2D eigenvalue weighted by atomic mass is 32.2. The van der Waals surface area contributed by atoms with Crippen molar-refractivity contribution in [3.8, 4) is 5.75 Å². The molecule has 3 N–H and O–H groups in total. The molecule has 0 aliphatic rings. The molecule has 2 aromatic rings. The Balaban J connectivity index is 2.19. The maximum Gasteiger partial charge on any atom is 0.251 e. The molecule has 2 rings (SSSR count). The first kappa shape index (κ1) is 26.3. The lowest BCUT2D eigenvalue weighted by Crippen LogP contribution is -2.50. The highest BCUT2D eigenvalue weighted by Crippen LogP contribution is 2.19. The van der Waals surface area contributed by atoms with Gasteiger partial charge < -0.3 is 15.7 Å². The van der Waals surface area contributed by atoms with Crippen molar-refractivity contribution >= 4 is 21.8 Å². The van der Waals surface area contributed by atoms with Gasteiger partial charge in [0, 0.05) is 18.7 Å². The molecular formula is C24H33N3O5S. The van der Waals surface area contributed by atoms with Gasteiger partial charge in [0.25, 0.3) is 5.91 Å². The number of hydrogen-bond donors (Lipinski definition) is 3. The molecule has 0 aromatic heterocycles. The molecule has 9 heteroatoms. The Bertz CT molecular complexity index is 1080. The van der Waals surface area contributed by atoms with Gasteiger partial charge in [0.05, 0.1) is 10.9 Å². The molecule has 2 unspecified atom stereocenters. The predicted octanol–water partition coefficient (Wildman–Crippen LogP) is 3.05. The lowest BCUT2D eigenvalue weighted by Gasteiger charge is -2.24. The van der Waals surface area contributed by atoms with Gasteiger partial charge in [-0.25, -0.2) is 8.42 Å². The van der Waals surface area contributed by atoms with Crippen molar-refractivity contribution in [2.24, 2.45) is 5.92 Å². The Labute approximate surface area is 196 Å². The molecule has 0 saturated carbocycles. The molecule has 2 atom stereocenters. The van der Waals surface area contributed by atoms with E-state index in [1.165, 1.54) is 28.6 Å². The second-order valence-electron chi connectivity index (χ2n) is 8.14. The van der Waals surface area contributed by atoms with Crippen LogP contribution in [0.25, 0.3) is 0 Å². The van der Waals surface area contributed by atoms with Crippen LogP contribution in [0.4, 0.5) is 0 Å². The van der Waals surface area contributed by atoms with E-state index in [1.807, 2.05) is 13.8 Å². The van der Waals surface area contributed by atoms with Crippen LogP contribution in [0.3, 0.4) is 0 Å². The minimum Gasteiger partial charge on any atom is -0.508 e. The van der Waals surface area contributed by atoms with E-state index in [9.17, 15) is 23.1 Å². The molecule has 2 aromatic carbocycles. The van der Waals surface area contributed by atoms with Crippen LogP contribution in [0.5, 0.6) is 5.75 Å². The number of amides is 2. The maximum absolute atomic E-state index is 12.9. The third-order valence-corrected chi connectivity index (χ3v) is 7.45. The van der Waals surface area contributed by atoms with Gasteiger partial charge in [0.1, 0.15) is 11.8 Å². The van der Waals surface area contributed by atoms with Crippen molar-refractivity contribution < 1.29 is 23.1 Å². The molecule has 0 aliphatic heterocycles. The van der Waals surface area contributed by atoms with Gasteiger partial charge in [0.15, 0.2) is 0 Å². The predicted molar refractivity (Wildman–Crippen MR) is 127 cm³/mol. The zero-order valence-electron chi connectivity index (χ0n) is 19.7. The number of sulfonamides is 1. The lowest BCUT2D eigenvalue weighted by atomic mass is 10.0. The summed E-state index contributed by atoms with van der Waals surface area (Å²) in [5, 5.41) is 15.3. The summed E-state index contributed by atoms with van der Waals surface area (Å²) < 4.78 is 26.9. The zero-order chi connectivity index (χ0) is 24.8. The Morgan fingerprint density at radius 2 is 1.61 bits per heavy atom. The van der Waals surface area contributed by atoms with E-state index in [4.69, 9.17) is 0 Å². The molecule has 2 amide bonds. The third kappa shape index (κ3) is 6.55. The van der Waals surface area contributed by atoms with Gasteiger partial charge in [0.2, 0.25) is 15.9 Å². The number of carbonyl (C=O) groups excluding carboxylic acids is 2. The topological polar surface area (TPSA) is 116 Å². The third-order valence-electron chi connectivity index (χ3n) is 5.40. The first-order chi connectivity index (χ1) is 15.5. The fourth-order valence-corrected chi connectivity index (χ4v) is 4.95. The summed E-state index contributed by atoms with van der Waals surface area (Å²) >= 11 is 0. The summed E-state index contributed by atoms with van der Waals surface area (Å²) in [5.74, 6) is -1.03. The fraction of sp³-hybridized carbons (Fsp3) is 0.417. The van der Waals surface area contributed by atoms with Crippen LogP contribution in [0.15, 0.2) is 53.4 Å². The monoisotopic (exact) mass is 475 g/mol. The summed E-state index contributed by atoms with van der Waals surface area (Å²) in [5.41, 5.74) is 0.884. The fourth-order valence-electron chi connectivity index (χ4n) is 3.45. The Morgan fingerprint density at radius 1 is 0.970 bits per heavy atom. The van der Waals surface area contributed by atoms with Crippen molar-refractivity contribution in [1.82, 2.24) is 14.9 Å². The highest BCUT2D eigenvalue weighted by molar-refractivity contribution is 7.89. The SMILES string of the molecule is CCN(CC)S(=O)(=O)c1cccc(C(=O)NC(C(=O)NC(C)c2cccc(O)c2)C(C)C)c1. The second-order valence-corrected chi connectivity index (χ2v) is 10.1. The van der Waals surface area contributed by atoms with Gasteiger partial charge in [-0.15, -0.1) is 0 Å². The molecule has 0 aliphatic carbocycles. The van der Waals surface area contributed by atoms with Gasteiger partial charge in [-0.1, -0.05) is 45.9 Å². The maximum atomic E-state index is 12.9. The second kappa shape index (κ2) is 11.3. The molecule has 0 saturated heterocycles. The van der Waals surface area contributed by atoms with E-state index in [2.05, 4.69) is 10.6 Å². The van der Waals surface area contributed by atoms with Crippen LogP contribution < -0.4 is 10.6 Å². The van der Waals surface area contributed by atoms with Gasteiger partial charge in [-0.3, -0.25) is 9.59 Å². The first-order valence-corrected chi connectivity index (χ1v) is 12.5. The van der Waals surface area contributed by atoms with E-state index in [-0.39, 0.29) is 34.1 Å². The standard InChI is InChI=1S/C24H33N3O5S/c1-6-27(7-2)33(31,32)21-13-9-11-19(15-21)23(29)26-22(16(3)4)24(30)25-17(5)18-10-8-12-20(28)14-18/h8-17,22,28H,6-7H2,1-5H3,(H,25,30)(H,26,29). The number of benzene rings is 2. The average Bonchev–Trinajstić information content (AvgIpc) is 2.77. The van der Waals surface area contributed by atoms with Gasteiger partial charge >= 0.3 is 0 Å². The highest BCUT2D eigenvalue weighted by Gasteiger charge is 2.27. The van der Waals surface area contributed by atoms with E-state index in [1.54, 1.807) is 45.0 Å². The van der Waals surface area contributed by atoms with Crippen molar-refractivity contribution in [3.63, 3.8) is 0 Å². The molecular weight excluding hydrogens is 442 g/mol. The molecule has 0 fully saturated rings. The lowest BCUT2D eigenvalue weighted by molar-refractivity contribution is -0.124. The van der Waals surface area contributed by atoms with Crippen molar-refractivity contribution in [1.29, 1.82) is 0 Å². The number of hydrogen-bond acceptors (Lipinski definition) is 5. The van der Waals surface area contributed by atoms with E-state index < -0.39 is 22.0 Å². The minimum absolute atomic E-state index is 0.0295. The van der Waals surface area contributed by atoms with Crippen LogP contribution >= 0.6 is 0 Å². The number of carbonyl (C=O) groups is 2. The van der Waals surface area contributed by atoms with E-state index >= 15 is 0 Å². The number of aromatic hydroxyl groups is 1. The molecule has 0 radical (unpaired) electrons. The average molecular weight is 476 g/mol. The van der Waals surface area contributed by atoms with Crippen molar-refractivity contribution in [2.45, 2.75) is 51.6 Å². The molecule has 8 nitrogen and oxygen atoms in total. The Hall–Kier alpha value is -2.91. The first-order valence-electron chi connectivity index (χ1n) is 11.0. The number of phenolic OH excluding ortho intramolecular Hbond substituents is 1. The van der Waals surface area contributed by atoms with Crippen LogP contribution in [-0.2, 0) is 14.8 Å². The summed E-state index contributed by atoms with van der Waals surface area (Å²) in [6.45, 7) is 9.55. The van der Waals surface area contributed by atoms with Crippen molar-refractivity contribution in [3.05, 3.63) is 59.7 Å². The molecule has 0 bridgehead atoms.